The highest BCUT2D eigenvalue weighted by Crippen LogP contribution is 2.36. The first-order valence-corrected chi connectivity index (χ1v) is 20.8. The van der Waals surface area contributed by atoms with Crippen LogP contribution in [0.5, 0.6) is 0 Å². The summed E-state index contributed by atoms with van der Waals surface area (Å²) in [6, 6.07) is 19.1. The Morgan fingerprint density at radius 1 is 0.767 bits per heavy atom. The highest BCUT2D eigenvalue weighted by Gasteiger charge is 2.46. The Balaban J connectivity index is 0.754. The van der Waals surface area contributed by atoms with Crippen molar-refractivity contribution in [1.29, 1.82) is 0 Å². The fraction of sp³-hybridized carbons (Fsp3) is 0.386. The molecule has 4 fully saturated rings. The molecule has 60 heavy (non-hydrogen) atoms. The Morgan fingerprint density at radius 3 is 2.38 bits per heavy atom. The Kier molecular flexibility index (Phi) is 9.83. The minimum atomic E-state index is -1.14. The van der Waals surface area contributed by atoms with Crippen LogP contribution in [-0.2, 0) is 16.1 Å². The summed E-state index contributed by atoms with van der Waals surface area (Å²) in [7, 11) is 0. The number of aromatic nitrogens is 4. The third-order valence-electron chi connectivity index (χ3n) is 12.8. The van der Waals surface area contributed by atoms with Crippen LogP contribution in [0.15, 0.2) is 72.9 Å². The van der Waals surface area contributed by atoms with Gasteiger partial charge in [-0.3, -0.25) is 39.2 Å². The Hall–Kier alpha value is -6.13. The van der Waals surface area contributed by atoms with Crippen LogP contribution in [0.3, 0.4) is 0 Å². The van der Waals surface area contributed by atoms with Crippen LogP contribution in [0.1, 0.15) is 76.4 Å². The second-order valence-electron chi connectivity index (χ2n) is 16.4. The molecule has 5 aromatic rings. The van der Waals surface area contributed by atoms with Crippen molar-refractivity contribution in [3.05, 3.63) is 107 Å². The molecule has 4 amide bonds. The fourth-order valence-electron chi connectivity index (χ4n) is 9.75. The van der Waals surface area contributed by atoms with Gasteiger partial charge in [0.15, 0.2) is 5.65 Å². The molecule has 1 N–H and O–H groups in total. The van der Waals surface area contributed by atoms with Crippen molar-refractivity contribution < 1.29 is 28.0 Å². The van der Waals surface area contributed by atoms with Crippen molar-refractivity contribution in [2.24, 2.45) is 0 Å². The van der Waals surface area contributed by atoms with Gasteiger partial charge in [-0.05, 0) is 105 Å². The van der Waals surface area contributed by atoms with E-state index in [0.717, 1.165) is 111 Å². The number of anilines is 2. The molecule has 8 heterocycles. The quantitative estimate of drug-likeness (QED) is 0.220. The lowest BCUT2D eigenvalue weighted by atomic mass is 10.0. The van der Waals surface area contributed by atoms with Gasteiger partial charge in [-0.1, -0.05) is 18.2 Å². The van der Waals surface area contributed by atoms with E-state index in [2.05, 4.69) is 29.9 Å². The highest BCUT2D eigenvalue weighted by molar-refractivity contribution is 6.23. The van der Waals surface area contributed by atoms with Gasteiger partial charge in [0, 0.05) is 51.7 Å². The number of carbonyl (C=O) groups is 4. The molecule has 10 rings (SSSR count). The van der Waals surface area contributed by atoms with Crippen LogP contribution >= 0.6 is 0 Å². The number of nitrogens with zero attached hydrogens (tertiary/aromatic N) is 9. The number of benzene rings is 2. The SMILES string of the molecule is O=C1CCC(N2C(=O)c3cc(CN4CCC(N5CCN(c6cccc(-c7cnc8ccc(N9CCC[C@@H]9c9cccc(F)c9)nn78)n6)CC5)CC4)cc(F)c3C2=O)C(=O)N1. The number of piperidine rings is 2. The zero-order valence-electron chi connectivity index (χ0n) is 33.0. The fourth-order valence-corrected chi connectivity index (χ4v) is 9.75. The second-order valence-corrected chi connectivity index (χ2v) is 16.4. The van der Waals surface area contributed by atoms with Crippen LogP contribution in [0.25, 0.3) is 17.0 Å². The summed E-state index contributed by atoms with van der Waals surface area (Å²) in [5.74, 6) is -2.02. The van der Waals surface area contributed by atoms with E-state index in [0.29, 0.717) is 18.2 Å². The minimum Gasteiger partial charge on any atom is -0.354 e. The molecule has 1 unspecified atom stereocenters. The van der Waals surface area contributed by atoms with Crippen molar-refractivity contribution in [3.63, 3.8) is 0 Å². The van der Waals surface area contributed by atoms with Gasteiger partial charge in [-0.15, -0.1) is 5.10 Å². The van der Waals surface area contributed by atoms with Gasteiger partial charge in [0.05, 0.1) is 29.1 Å². The lowest BCUT2D eigenvalue weighted by Crippen LogP contribution is -2.54. The van der Waals surface area contributed by atoms with E-state index >= 15 is 4.39 Å². The lowest BCUT2D eigenvalue weighted by molar-refractivity contribution is -0.136. The van der Waals surface area contributed by atoms with Crippen molar-refractivity contribution >= 4 is 40.9 Å². The number of amides is 4. The Morgan fingerprint density at radius 2 is 1.58 bits per heavy atom. The average Bonchev–Trinajstić information content (AvgIpc) is 3.98. The molecule has 0 bridgehead atoms. The van der Waals surface area contributed by atoms with Crippen molar-refractivity contribution in [2.75, 3.05) is 55.6 Å². The van der Waals surface area contributed by atoms with E-state index in [1.807, 2.05) is 47.1 Å². The number of nitrogens with one attached hydrogen (secondary N) is 1. The first-order valence-electron chi connectivity index (χ1n) is 20.8. The summed E-state index contributed by atoms with van der Waals surface area (Å²) in [5.41, 5.74) is 3.52. The summed E-state index contributed by atoms with van der Waals surface area (Å²) >= 11 is 0. The summed E-state index contributed by atoms with van der Waals surface area (Å²) in [5, 5.41) is 7.20. The van der Waals surface area contributed by atoms with Crippen LogP contribution < -0.4 is 15.1 Å². The molecule has 0 aliphatic carbocycles. The summed E-state index contributed by atoms with van der Waals surface area (Å²) in [4.78, 5) is 70.4. The van der Waals surface area contributed by atoms with Gasteiger partial charge in [-0.2, -0.15) is 0 Å². The number of imidazole rings is 1. The monoisotopic (exact) mass is 814 g/mol. The maximum atomic E-state index is 15.4. The number of piperazine rings is 1. The van der Waals surface area contributed by atoms with E-state index < -0.39 is 35.5 Å². The van der Waals surface area contributed by atoms with Crippen LogP contribution in [-0.4, -0.2) is 116 Å². The van der Waals surface area contributed by atoms with Crippen molar-refractivity contribution in [3.8, 4) is 11.4 Å². The molecule has 16 heteroatoms. The lowest BCUT2D eigenvalue weighted by Gasteiger charge is -2.43. The van der Waals surface area contributed by atoms with Crippen LogP contribution in [0.2, 0.25) is 0 Å². The minimum absolute atomic E-state index is 0.00106. The number of pyridine rings is 1. The van der Waals surface area contributed by atoms with E-state index in [-0.39, 0.29) is 35.8 Å². The van der Waals surface area contributed by atoms with Gasteiger partial charge in [0.1, 0.15) is 35.0 Å². The van der Waals surface area contributed by atoms with Crippen LogP contribution in [0, 0.1) is 11.6 Å². The molecule has 2 atom stereocenters. The standard InChI is InChI=1S/C44H44F2N10O4/c45-29-5-1-4-28(24-29)34-7-3-15-54(34)39-11-10-37-47-25-36(56(37)50-39)33-6-2-8-38(48-33)53-20-18-52(19-21-53)30-13-16-51(17-14-30)26-27-22-31-41(32(46)23-27)44(60)55(43(31)59)35-9-12-40(57)49-42(35)58/h1-2,4-6,8,10-11,22-25,30,34-35H,3,7,9,12-21,26H2,(H,49,57,58)/t34-,35?/m1/s1. The third kappa shape index (κ3) is 6.96. The Labute approximate surface area is 344 Å². The number of fused-ring (bicyclic) bond motifs is 2. The predicted octanol–water partition coefficient (Wildman–Crippen LogP) is 4.60. The van der Waals surface area contributed by atoms with E-state index in [1.165, 1.54) is 12.1 Å². The smallest absolute Gasteiger partial charge is 0.265 e. The molecule has 2 aromatic carbocycles. The molecular formula is C44H44F2N10O4. The zero-order chi connectivity index (χ0) is 41.1. The van der Waals surface area contributed by atoms with Crippen LogP contribution in [0.4, 0.5) is 20.4 Å². The summed E-state index contributed by atoms with van der Waals surface area (Å²) < 4.78 is 31.3. The van der Waals surface area contributed by atoms with Crippen molar-refractivity contribution in [2.45, 2.75) is 63.2 Å². The van der Waals surface area contributed by atoms with Gasteiger partial charge in [0.25, 0.3) is 11.8 Å². The molecule has 14 nitrogen and oxygen atoms in total. The largest absolute Gasteiger partial charge is 0.354 e. The maximum Gasteiger partial charge on any atom is 0.265 e. The number of halogens is 2. The average molecular weight is 815 g/mol. The molecule has 3 aromatic heterocycles. The molecular weight excluding hydrogens is 771 g/mol. The third-order valence-corrected chi connectivity index (χ3v) is 12.8. The van der Waals surface area contributed by atoms with Gasteiger partial charge < -0.3 is 9.80 Å². The summed E-state index contributed by atoms with van der Waals surface area (Å²) in [6.07, 6.45) is 5.66. The van der Waals surface area contributed by atoms with E-state index in [1.54, 1.807) is 18.2 Å². The van der Waals surface area contributed by atoms with Gasteiger partial charge in [0.2, 0.25) is 11.8 Å². The number of imide groups is 2. The number of hydrogen-bond acceptors (Lipinski definition) is 11. The zero-order valence-corrected chi connectivity index (χ0v) is 33.0. The van der Waals surface area contributed by atoms with E-state index in [4.69, 9.17) is 10.1 Å². The summed E-state index contributed by atoms with van der Waals surface area (Å²) in [6.45, 7) is 6.34. The topological polar surface area (TPSA) is 140 Å². The van der Waals surface area contributed by atoms with Gasteiger partial charge >= 0.3 is 0 Å². The normalized spacial score (nSPS) is 22.0. The van der Waals surface area contributed by atoms with E-state index in [9.17, 15) is 23.6 Å². The first kappa shape index (κ1) is 38.1. The van der Waals surface area contributed by atoms with Crippen molar-refractivity contribution in [1.82, 2.24) is 39.6 Å². The molecule has 308 valence electrons. The first-order chi connectivity index (χ1) is 29.2. The number of carbonyl (C=O) groups excluding carboxylic acids is 4. The molecule has 0 saturated carbocycles. The number of hydrogen-bond donors (Lipinski definition) is 1. The second kappa shape index (κ2) is 15.5. The highest BCUT2D eigenvalue weighted by atomic mass is 19.1. The number of likely N-dealkylation sites (tertiary alicyclic amines) is 1. The Bertz CT molecular complexity index is 2530. The molecule has 0 radical (unpaired) electrons. The molecule has 5 aliphatic rings. The predicted molar refractivity (Wildman–Crippen MR) is 217 cm³/mol. The molecule has 0 spiro atoms. The molecule has 4 saturated heterocycles. The molecule has 5 aliphatic heterocycles. The maximum absolute atomic E-state index is 15.4. The number of rotatable bonds is 8. The van der Waals surface area contributed by atoms with Gasteiger partial charge in [-0.25, -0.2) is 23.3 Å².